The number of hydrogen-bond donors (Lipinski definition) is 1. The summed E-state index contributed by atoms with van der Waals surface area (Å²) in [4.78, 5) is 10.9. The first-order valence-corrected chi connectivity index (χ1v) is 6.42. The minimum atomic E-state index is -1.02. The summed E-state index contributed by atoms with van der Waals surface area (Å²) in [5, 5.41) is 9.16. The van der Waals surface area contributed by atoms with Crippen molar-refractivity contribution in [2.75, 3.05) is 0 Å². The molecule has 0 atom stereocenters. The van der Waals surface area contributed by atoms with Crippen molar-refractivity contribution in [3.8, 4) is 11.5 Å². The molecule has 2 aromatic rings. The van der Waals surface area contributed by atoms with Crippen LogP contribution in [0.4, 0.5) is 0 Å². The average molecular weight is 289 g/mol. The van der Waals surface area contributed by atoms with E-state index in [2.05, 4.69) is 0 Å². The smallest absolute Gasteiger partial charge is 0.335 e. The Kier molecular flexibility index (Phi) is 4.43. The number of para-hydroxylation sites is 1. The molecular formula is C16H13ClO3. The van der Waals surface area contributed by atoms with Gasteiger partial charge in [-0.1, -0.05) is 42.0 Å². The number of halogens is 1. The molecule has 0 fully saturated rings. The van der Waals surface area contributed by atoms with Crippen LogP contribution >= 0.6 is 11.6 Å². The van der Waals surface area contributed by atoms with Gasteiger partial charge in [0.1, 0.15) is 11.5 Å². The molecular weight excluding hydrogens is 276 g/mol. The number of benzene rings is 2. The van der Waals surface area contributed by atoms with Crippen LogP contribution in [0.1, 0.15) is 22.8 Å². The highest BCUT2D eigenvalue weighted by Crippen LogP contribution is 2.32. The maximum absolute atomic E-state index is 10.9. The van der Waals surface area contributed by atoms with Crippen LogP contribution in [0, 0.1) is 0 Å². The maximum atomic E-state index is 10.9. The summed E-state index contributed by atoms with van der Waals surface area (Å²) < 4.78 is 5.75. The van der Waals surface area contributed by atoms with Gasteiger partial charge in [-0.15, -0.1) is 0 Å². The zero-order valence-electron chi connectivity index (χ0n) is 10.8. The van der Waals surface area contributed by atoms with Gasteiger partial charge in [0.05, 0.1) is 10.6 Å². The first-order chi connectivity index (χ1) is 9.61. The molecule has 0 aliphatic heterocycles. The number of aromatic carboxylic acids is 1. The number of rotatable bonds is 4. The Morgan fingerprint density at radius 2 is 1.95 bits per heavy atom. The Hall–Kier alpha value is -2.26. The predicted molar refractivity (Wildman–Crippen MR) is 79.6 cm³/mol. The minimum Gasteiger partial charge on any atom is -0.478 e. The summed E-state index contributed by atoms with van der Waals surface area (Å²) in [6, 6.07) is 11.9. The number of carboxylic acid groups (broad SMARTS) is 1. The fourth-order valence-electron chi connectivity index (χ4n) is 1.73. The molecule has 0 saturated heterocycles. The molecule has 0 bridgehead atoms. The quantitative estimate of drug-likeness (QED) is 0.873. The molecule has 102 valence electrons. The van der Waals surface area contributed by atoms with Crippen molar-refractivity contribution in [2.45, 2.75) is 6.92 Å². The standard InChI is InChI=1S/C16H13ClO3/c1-2-5-11-6-3-4-7-14(11)20-15-9-8-12(16(18)19)10-13(15)17/h2-10H,1H3,(H,18,19). The van der Waals surface area contributed by atoms with Gasteiger partial charge in [0.2, 0.25) is 0 Å². The summed E-state index contributed by atoms with van der Waals surface area (Å²) >= 11 is 6.05. The normalized spacial score (nSPS) is 10.7. The van der Waals surface area contributed by atoms with Crippen LogP contribution in [0.2, 0.25) is 5.02 Å². The fourth-order valence-corrected chi connectivity index (χ4v) is 1.94. The van der Waals surface area contributed by atoms with Gasteiger partial charge in [-0.3, -0.25) is 0 Å². The number of carboxylic acids is 1. The van der Waals surface area contributed by atoms with Gasteiger partial charge in [-0.2, -0.15) is 0 Å². The number of hydrogen-bond acceptors (Lipinski definition) is 2. The Morgan fingerprint density at radius 3 is 2.60 bits per heavy atom. The van der Waals surface area contributed by atoms with E-state index in [0.717, 1.165) is 5.56 Å². The zero-order chi connectivity index (χ0) is 14.5. The Labute approximate surface area is 122 Å². The van der Waals surface area contributed by atoms with E-state index >= 15 is 0 Å². The first kappa shape index (κ1) is 14.2. The second kappa shape index (κ2) is 6.26. The second-order valence-electron chi connectivity index (χ2n) is 4.09. The fraction of sp³-hybridized carbons (Fsp3) is 0.0625. The number of carbonyl (C=O) groups is 1. The van der Waals surface area contributed by atoms with Gasteiger partial charge in [0, 0.05) is 5.56 Å². The average Bonchev–Trinajstić information content (AvgIpc) is 2.43. The van der Waals surface area contributed by atoms with Gasteiger partial charge in [-0.25, -0.2) is 4.79 Å². The maximum Gasteiger partial charge on any atom is 0.335 e. The molecule has 0 amide bonds. The monoisotopic (exact) mass is 288 g/mol. The molecule has 0 saturated carbocycles. The van der Waals surface area contributed by atoms with Crippen molar-refractivity contribution in [3.05, 3.63) is 64.7 Å². The molecule has 0 heterocycles. The molecule has 1 N–H and O–H groups in total. The molecule has 0 aromatic heterocycles. The Balaban J connectivity index is 2.33. The molecule has 0 spiro atoms. The molecule has 2 aromatic carbocycles. The summed E-state index contributed by atoms with van der Waals surface area (Å²) in [5.74, 6) is 0.0666. The highest BCUT2D eigenvalue weighted by molar-refractivity contribution is 6.32. The molecule has 0 radical (unpaired) electrons. The van der Waals surface area contributed by atoms with Crippen molar-refractivity contribution >= 4 is 23.6 Å². The number of allylic oxidation sites excluding steroid dienone is 1. The van der Waals surface area contributed by atoms with E-state index in [4.69, 9.17) is 21.4 Å². The molecule has 2 rings (SSSR count). The Bertz CT molecular complexity index is 663. The number of ether oxygens (including phenoxy) is 1. The van der Waals surface area contributed by atoms with Crippen LogP contribution in [0.15, 0.2) is 48.5 Å². The minimum absolute atomic E-state index is 0.129. The summed E-state index contributed by atoms with van der Waals surface area (Å²) in [7, 11) is 0. The van der Waals surface area contributed by atoms with Gasteiger partial charge in [0.15, 0.2) is 0 Å². The Morgan fingerprint density at radius 1 is 1.20 bits per heavy atom. The van der Waals surface area contributed by atoms with E-state index in [9.17, 15) is 4.79 Å². The lowest BCUT2D eigenvalue weighted by atomic mass is 10.2. The van der Waals surface area contributed by atoms with E-state index in [1.165, 1.54) is 12.1 Å². The third kappa shape index (κ3) is 3.19. The highest BCUT2D eigenvalue weighted by Gasteiger charge is 2.09. The van der Waals surface area contributed by atoms with Crippen LogP contribution in [0.3, 0.4) is 0 Å². The highest BCUT2D eigenvalue weighted by atomic mass is 35.5. The zero-order valence-corrected chi connectivity index (χ0v) is 11.6. The van der Waals surface area contributed by atoms with E-state index in [0.29, 0.717) is 11.5 Å². The lowest BCUT2D eigenvalue weighted by molar-refractivity contribution is 0.0697. The van der Waals surface area contributed by atoms with E-state index in [-0.39, 0.29) is 10.6 Å². The molecule has 20 heavy (non-hydrogen) atoms. The van der Waals surface area contributed by atoms with Gasteiger partial charge >= 0.3 is 5.97 Å². The second-order valence-corrected chi connectivity index (χ2v) is 4.50. The van der Waals surface area contributed by atoms with Crippen LogP contribution < -0.4 is 4.74 Å². The molecule has 4 heteroatoms. The van der Waals surface area contributed by atoms with Gasteiger partial charge in [-0.05, 0) is 31.2 Å². The van der Waals surface area contributed by atoms with Crippen molar-refractivity contribution < 1.29 is 14.6 Å². The van der Waals surface area contributed by atoms with Crippen molar-refractivity contribution in [3.63, 3.8) is 0 Å². The van der Waals surface area contributed by atoms with Crippen LogP contribution in [-0.4, -0.2) is 11.1 Å². The lowest BCUT2D eigenvalue weighted by Crippen LogP contribution is -1.96. The van der Waals surface area contributed by atoms with Gasteiger partial charge in [0.25, 0.3) is 0 Å². The third-order valence-corrected chi connectivity index (χ3v) is 2.96. The predicted octanol–water partition coefficient (Wildman–Crippen LogP) is 4.86. The molecule has 0 aliphatic rings. The van der Waals surface area contributed by atoms with Gasteiger partial charge < -0.3 is 9.84 Å². The molecule has 0 unspecified atom stereocenters. The van der Waals surface area contributed by atoms with Crippen molar-refractivity contribution in [1.29, 1.82) is 0 Å². The van der Waals surface area contributed by atoms with Crippen LogP contribution in [0.5, 0.6) is 11.5 Å². The molecule has 0 aliphatic carbocycles. The summed E-state index contributed by atoms with van der Waals surface area (Å²) in [5.41, 5.74) is 1.05. The molecule has 3 nitrogen and oxygen atoms in total. The van der Waals surface area contributed by atoms with Crippen LogP contribution in [-0.2, 0) is 0 Å². The van der Waals surface area contributed by atoms with E-state index in [1.54, 1.807) is 6.07 Å². The summed E-state index contributed by atoms with van der Waals surface area (Å²) in [6.07, 6.45) is 3.84. The van der Waals surface area contributed by atoms with Crippen molar-refractivity contribution in [2.24, 2.45) is 0 Å². The van der Waals surface area contributed by atoms with Crippen LogP contribution in [0.25, 0.3) is 6.08 Å². The topological polar surface area (TPSA) is 46.5 Å². The SMILES string of the molecule is CC=Cc1ccccc1Oc1ccc(C(=O)O)cc1Cl. The largest absolute Gasteiger partial charge is 0.478 e. The lowest BCUT2D eigenvalue weighted by Gasteiger charge is -2.10. The first-order valence-electron chi connectivity index (χ1n) is 6.04. The summed E-state index contributed by atoms with van der Waals surface area (Å²) in [6.45, 7) is 1.92. The van der Waals surface area contributed by atoms with E-state index < -0.39 is 5.97 Å². The van der Waals surface area contributed by atoms with E-state index in [1.807, 2.05) is 43.3 Å². The van der Waals surface area contributed by atoms with Crippen molar-refractivity contribution in [1.82, 2.24) is 0 Å². The third-order valence-electron chi connectivity index (χ3n) is 2.66.